The number of benzene rings is 4. The Morgan fingerprint density at radius 2 is 0.342 bits per heavy atom. The molecule has 11 fully saturated rings. The molecule has 0 aromatic heterocycles. The number of rotatable bonds is 2. The summed E-state index contributed by atoms with van der Waals surface area (Å²) in [6.07, 6.45) is 57.2. The molecule has 3 atom stereocenters. The minimum absolute atomic E-state index is 0.0974. The highest BCUT2D eigenvalue weighted by atomic mass is 14.6. The standard InChI is InChI=1S/2C18H20.C14H26.C11H20.C10H18.C10H20.4C9H18/c2*1-17(2,3)18(4)15-11-7-5-9-13(15)14-10-6-8-12-16(14)18;1-13(9-5-3-6-10-13)14(2)11-7-4-8-12-14;1-10-6-3-4-7-11(10,2)9-5-8-10;1-9-5-3-7-10(9,2)8-4-6-9;1-5-10(4)8-6-7-9(10,2)3;4*1-8(2)6-5-7-9(8,3)4/h2*5-12H,1-4H3;3-12H2,1-2H3;3-9H2,1-2H3;3-8H2,1-2H3;5-8H2,1-4H3;4*5-7H2,1-4H3/t;;;10-,11+;;10-;;;;/m.....0..../s1. The first-order valence-corrected chi connectivity index (χ1v) is 50.1. The van der Waals surface area contributed by atoms with Crippen molar-refractivity contribution in [3.05, 3.63) is 119 Å². The first-order chi connectivity index (χ1) is 53.8. The van der Waals surface area contributed by atoms with Crippen LogP contribution in [0.25, 0.3) is 22.3 Å². The molecule has 0 saturated heterocycles. The second-order valence-corrected chi connectivity index (χ2v) is 52.3. The monoisotopic (exact) mass is 1600 g/mol. The molecular formula is C117H196. The Bertz CT molecular complexity index is 3310. The smallest absolute Gasteiger partial charge is 0.0235 e. The van der Waals surface area contributed by atoms with Crippen molar-refractivity contribution in [1.29, 1.82) is 0 Å². The van der Waals surface area contributed by atoms with Gasteiger partial charge in [0.15, 0.2) is 0 Å². The first-order valence-electron chi connectivity index (χ1n) is 50.1. The minimum Gasteiger partial charge on any atom is -0.0648 e. The molecule has 0 bridgehead atoms. The lowest BCUT2D eigenvalue weighted by Gasteiger charge is -2.51. The summed E-state index contributed by atoms with van der Waals surface area (Å²) in [5, 5.41) is 0. The Morgan fingerprint density at radius 3 is 0.487 bits per heavy atom. The normalized spacial score (nSPS) is 30.8. The molecule has 0 N–H and O–H groups in total. The molecule has 13 aliphatic carbocycles. The summed E-state index contributed by atoms with van der Waals surface area (Å²) >= 11 is 0. The van der Waals surface area contributed by atoms with E-state index in [9.17, 15) is 0 Å². The summed E-state index contributed by atoms with van der Waals surface area (Å²) in [6.45, 7) is 81.9. The summed E-state index contributed by atoms with van der Waals surface area (Å²) in [4.78, 5) is 0. The molecule has 4 aromatic rings. The Morgan fingerprint density at radius 1 is 0.188 bits per heavy atom. The Balaban J connectivity index is 0.000000164. The fourth-order valence-corrected chi connectivity index (χ4v) is 25.8. The average molecular weight is 1600 g/mol. The lowest BCUT2D eigenvalue weighted by molar-refractivity contribution is -0.00381. The third-order valence-electron chi connectivity index (χ3n) is 41.5. The Kier molecular flexibility index (Phi) is 31.3. The van der Waals surface area contributed by atoms with Gasteiger partial charge in [-0.3, -0.25) is 0 Å². The van der Waals surface area contributed by atoms with Gasteiger partial charge in [-0.05, 0) is 283 Å². The predicted octanol–water partition coefficient (Wildman–Crippen LogP) is 38.6. The zero-order valence-corrected chi connectivity index (χ0v) is 84.8. The summed E-state index contributed by atoms with van der Waals surface area (Å²) in [6, 6.07) is 35.4. The molecule has 0 nitrogen and oxygen atoms in total. The van der Waals surface area contributed by atoms with E-state index in [1.54, 1.807) is 0 Å². The van der Waals surface area contributed by atoms with Crippen LogP contribution in [0.1, 0.15) is 508 Å². The summed E-state index contributed by atoms with van der Waals surface area (Å²) in [5.74, 6) is 0. The highest BCUT2D eigenvalue weighted by molar-refractivity contribution is 5.82. The number of fused-ring (bicyclic) bond motifs is 8. The van der Waals surface area contributed by atoms with Crippen molar-refractivity contribution in [2.45, 2.75) is 497 Å². The molecule has 17 rings (SSSR count). The fraction of sp³-hybridized carbons (Fsp3) is 0.795. The lowest BCUT2D eigenvalue weighted by Crippen LogP contribution is -2.40. The van der Waals surface area contributed by atoms with Gasteiger partial charge in [-0.15, -0.1) is 0 Å². The molecular weight excluding hydrogens is 1410 g/mol. The van der Waals surface area contributed by atoms with Crippen molar-refractivity contribution in [1.82, 2.24) is 0 Å². The summed E-state index contributed by atoms with van der Waals surface area (Å²) in [5.41, 5.74) is 22.4. The van der Waals surface area contributed by atoms with Gasteiger partial charge in [-0.25, -0.2) is 0 Å². The molecule has 0 spiro atoms. The second kappa shape index (κ2) is 36.8. The highest BCUT2D eigenvalue weighted by Gasteiger charge is 2.54. The van der Waals surface area contributed by atoms with Gasteiger partial charge < -0.3 is 0 Å². The maximum atomic E-state index is 2.58. The maximum absolute atomic E-state index is 2.58. The molecule has 117 heavy (non-hydrogen) atoms. The molecule has 0 aliphatic heterocycles. The van der Waals surface area contributed by atoms with Gasteiger partial charge in [0, 0.05) is 10.8 Å². The number of hydrogen-bond donors (Lipinski definition) is 0. The molecule has 4 aromatic carbocycles. The van der Waals surface area contributed by atoms with Crippen LogP contribution in [-0.2, 0) is 10.8 Å². The van der Waals surface area contributed by atoms with Crippen LogP contribution in [0, 0.1) is 97.5 Å². The topological polar surface area (TPSA) is 0 Å². The Labute approximate surface area is 731 Å². The zero-order chi connectivity index (χ0) is 87.5. The van der Waals surface area contributed by atoms with Crippen LogP contribution < -0.4 is 0 Å². The molecule has 0 unspecified atom stereocenters. The van der Waals surface area contributed by atoms with Crippen molar-refractivity contribution < 1.29 is 0 Å². The molecule has 13 aliphatic rings. The minimum atomic E-state index is 0.0974. The largest absolute Gasteiger partial charge is 0.0648 e. The van der Waals surface area contributed by atoms with Crippen molar-refractivity contribution in [3.8, 4) is 22.3 Å². The van der Waals surface area contributed by atoms with Gasteiger partial charge in [0.2, 0.25) is 0 Å². The first kappa shape index (κ1) is 99.3. The van der Waals surface area contributed by atoms with E-state index in [-0.39, 0.29) is 21.7 Å². The predicted molar refractivity (Wildman–Crippen MR) is 522 cm³/mol. The third kappa shape index (κ3) is 20.7. The molecule has 11 saturated carbocycles. The van der Waals surface area contributed by atoms with Crippen LogP contribution in [0.4, 0.5) is 0 Å². The highest BCUT2D eigenvalue weighted by Crippen LogP contribution is 2.65. The fourth-order valence-electron chi connectivity index (χ4n) is 25.8. The van der Waals surface area contributed by atoms with Gasteiger partial charge in [0.1, 0.15) is 0 Å². The van der Waals surface area contributed by atoms with Crippen LogP contribution in [-0.4, -0.2) is 0 Å². The summed E-state index contributed by atoms with van der Waals surface area (Å²) < 4.78 is 0. The quantitative estimate of drug-likeness (QED) is 0.188. The van der Waals surface area contributed by atoms with E-state index < -0.39 is 0 Å². The van der Waals surface area contributed by atoms with Crippen LogP contribution in [0.15, 0.2) is 97.1 Å². The van der Waals surface area contributed by atoms with Crippen LogP contribution >= 0.6 is 0 Å². The molecule has 664 valence electrons. The van der Waals surface area contributed by atoms with Crippen molar-refractivity contribution in [2.75, 3.05) is 0 Å². The van der Waals surface area contributed by atoms with Gasteiger partial charge >= 0.3 is 0 Å². The van der Waals surface area contributed by atoms with Crippen LogP contribution in [0.2, 0.25) is 0 Å². The van der Waals surface area contributed by atoms with E-state index in [1.165, 1.54) is 295 Å². The van der Waals surface area contributed by atoms with Crippen molar-refractivity contribution in [3.63, 3.8) is 0 Å². The maximum Gasteiger partial charge on any atom is 0.0235 e. The third-order valence-corrected chi connectivity index (χ3v) is 41.5. The second-order valence-electron chi connectivity index (χ2n) is 52.3. The van der Waals surface area contributed by atoms with Crippen molar-refractivity contribution >= 4 is 0 Å². The average Bonchev–Trinajstić information content (AvgIpc) is 1.55. The molecule has 0 heteroatoms. The SMILES string of the molecule is CC(C)(C)C1(C)c2ccccc2-c2ccccc21.CC(C)(C)C1(C)c2ccccc2-c2ccccc21.CC1(C)CCCC1(C)C.CC1(C)CCCC1(C)C.CC1(C)CCCC1(C)C.CC1(C)CCCC1(C)C.CC1(C2(C)CCCCC2)CCCCC1.CC12CCCC1(C)CCC2.CC[C@@]1(C)CCCC1(C)C.C[C@@]12CCCC[C@]1(C)CCC2. The Hall–Kier alpha value is -3.12. The van der Waals surface area contributed by atoms with E-state index in [0.717, 1.165) is 21.7 Å². The van der Waals surface area contributed by atoms with Gasteiger partial charge in [-0.1, -0.05) is 442 Å². The van der Waals surface area contributed by atoms with Crippen molar-refractivity contribution in [2.24, 2.45) is 97.5 Å². The lowest BCUT2D eigenvalue weighted by atomic mass is 9.54. The van der Waals surface area contributed by atoms with E-state index in [0.29, 0.717) is 65.0 Å². The van der Waals surface area contributed by atoms with E-state index in [4.69, 9.17) is 0 Å². The zero-order valence-electron chi connectivity index (χ0n) is 84.8. The van der Waals surface area contributed by atoms with Crippen LogP contribution in [0.5, 0.6) is 0 Å². The van der Waals surface area contributed by atoms with Gasteiger partial charge in [-0.2, -0.15) is 0 Å². The van der Waals surface area contributed by atoms with Crippen LogP contribution in [0.3, 0.4) is 0 Å². The van der Waals surface area contributed by atoms with E-state index >= 15 is 0 Å². The molecule has 0 heterocycles. The summed E-state index contributed by atoms with van der Waals surface area (Å²) in [7, 11) is 0. The molecule has 0 amide bonds. The van der Waals surface area contributed by atoms with E-state index in [2.05, 4.69) is 332 Å². The van der Waals surface area contributed by atoms with Gasteiger partial charge in [0.05, 0.1) is 0 Å². The van der Waals surface area contributed by atoms with Gasteiger partial charge in [0.25, 0.3) is 0 Å². The molecule has 0 radical (unpaired) electrons. The van der Waals surface area contributed by atoms with E-state index in [1.807, 2.05) is 0 Å². The number of hydrogen-bond acceptors (Lipinski definition) is 0.